The SMILES string of the molecule is COCCC(C)Nc1nc(C(C)(C)C)nc(Cl)c1C. The Kier molecular flexibility index (Phi) is 5.56. The van der Waals surface area contributed by atoms with Gasteiger partial charge in [0, 0.05) is 30.7 Å². The highest BCUT2D eigenvalue weighted by molar-refractivity contribution is 6.30. The van der Waals surface area contributed by atoms with Gasteiger partial charge in [-0.1, -0.05) is 32.4 Å². The molecule has 0 aromatic carbocycles. The fraction of sp³-hybridized carbons (Fsp3) is 0.714. The average Bonchev–Trinajstić information content (AvgIpc) is 2.30. The molecular weight excluding hydrogens is 262 g/mol. The molecule has 1 N–H and O–H groups in total. The van der Waals surface area contributed by atoms with E-state index < -0.39 is 0 Å². The maximum absolute atomic E-state index is 6.20. The second kappa shape index (κ2) is 6.53. The van der Waals surface area contributed by atoms with Crippen LogP contribution < -0.4 is 5.32 Å². The van der Waals surface area contributed by atoms with E-state index in [1.165, 1.54) is 0 Å². The molecule has 108 valence electrons. The third kappa shape index (κ3) is 4.62. The number of anilines is 1. The lowest BCUT2D eigenvalue weighted by Crippen LogP contribution is -2.22. The minimum absolute atomic E-state index is 0.121. The topological polar surface area (TPSA) is 47.0 Å². The predicted molar refractivity (Wildman–Crippen MR) is 80.1 cm³/mol. The summed E-state index contributed by atoms with van der Waals surface area (Å²) in [5.41, 5.74) is 0.766. The first kappa shape index (κ1) is 16.2. The summed E-state index contributed by atoms with van der Waals surface area (Å²) in [7, 11) is 1.71. The number of rotatable bonds is 5. The maximum atomic E-state index is 6.20. The predicted octanol–water partition coefficient (Wildman–Crippen LogP) is 3.57. The molecule has 0 amide bonds. The van der Waals surface area contributed by atoms with E-state index in [4.69, 9.17) is 16.3 Å². The molecule has 19 heavy (non-hydrogen) atoms. The number of hydrogen-bond donors (Lipinski definition) is 1. The third-order valence-electron chi connectivity index (χ3n) is 2.90. The molecule has 1 aromatic heterocycles. The van der Waals surface area contributed by atoms with Crippen LogP contribution in [-0.2, 0) is 10.2 Å². The van der Waals surface area contributed by atoms with E-state index in [9.17, 15) is 0 Å². The number of aromatic nitrogens is 2. The molecule has 1 unspecified atom stereocenters. The van der Waals surface area contributed by atoms with Gasteiger partial charge >= 0.3 is 0 Å². The van der Waals surface area contributed by atoms with Gasteiger partial charge in [0.25, 0.3) is 0 Å². The number of nitrogens with one attached hydrogen (secondary N) is 1. The van der Waals surface area contributed by atoms with Crippen molar-refractivity contribution in [2.24, 2.45) is 0 Å². The van der Waals surface area contributed by atoms with Crippen molar-refractivity contribution in [1.29, 1.82) is 0 Å². The molecule has 4 nitrogen and oxygen atoms in total. The van der Waals surface area contributed by atoms with Gasteiger partial charge in [-0.05, 0) is 20.3 Å². The largest absolute Gasteiger partial charge is 0.385 e. The molecule has 0 saturated carbocycles. The van der Waals surface area contributed by atoms with Gasteiger partial charge in [0.15, 0.2) is 0 Å². The summed E-state index contributed by atoms with van der Waals surface area (Å²) in [6.07, 6.45) is 0.919. The van der Waals surface area contributed by atoms with Crippen LogP contribution in [0.1, 0.15) is 45.5 Å². The first-order valence-corrected chi connectivity index (χ1v) is 6.93. The van der Waals surface area contributed by atoms with Crippen LogP contribution in [0.15, 0.2) is 0 Å². The Morgan fingerprint density at radius 3 is 2.47 bits per heavy atom. The summed E-state index contributed by atoms with van der Waals surface area (Å²) < 4.78 is 5.08. The van der Waals surface area contributed by atoms with Crippen molar-refractivity contribution < 1.29 is 4.74 Å². The second-order valence-electron chi connectivity index (χ2n) is 5.89. The molecule has 0 aliphatic carbocycles. The van der Waals surface area contributed by atoms with Crippen molar-refractivity contribution in [2.75, 3.05) is 19.0 Å². The van der Waals surface area contributed by atoms with Crippen LogP contribution in [0, 0.1) is 6.92 Å². The molecule has 0 fully saturated rings. The van der Waals surface area contributed by atoms with E-state index in [0.29, 0.717) is 5.15 Å². The zero-order valence-electron chi connectivity index (χ0n) is 12.7. The van der Waals surface area contributed by atoms with Crippen molar-refractivity contribution in [1.82, 2.24) is 9.97 Å². The van der Waals surface area contributed by atoms with Gasteiger partial charge in [-0.3, -0.25) is 0 Å². The van der Waals surface area contributed by atoms with Crippen LogP contribution >= 0.6 is 11.6 Å². The summed E-state index contributed by atoms with van der Waals surface area (Å²) in [4.78, 5) is 8.97. The molecule has 0 aliphatic heterocycles. The highest BCUT2D eigenvalue weighted by atomic mass is 35.5. The van der Waals surface area contributed by atoms with E-state index in [2.05, 4.69) is 43.0 Å². The summed E-state index contributed by atoms with van der Waals surface area (Å²) >= 11 is 6.20. The van der Waals surface area contributed by atoms with E-state index in [-0.39, 0.29) is 11.5 Å². The van der Waals surface area contributed by atoms with Gasteiger partial charge in [-0.2, -0.15) is 0 Å². The number of ether oxygens (including phenoxy) is 1. The van der Waals surface area contributed by atoms with Gasteiger partial charge in [-0.25, -0.2) is 9.97 Å². The summed E-state index contributed by atoms with van der Waals surface area (Å²) in [5.74, 6) is 1.57. The molecule has 1 aromatic rings. The van der Waals surface area contributed by atoms with E-state index in [1.807, 2.05) is 6.92 Å². The molecule has 0 aliphatic rings. The second-order valence-corrected chi connectivity index (χ2v) is 6.25. The summed E-state index contributed by atoms with van der Waals surface area (Å²) in [6.45, 7) is 11.0. The Labute approximate surface area is 120 Å². The van der Waals surface area contributed by atoms with E-state index in [0.717, 1.165) is 30.2 Å². The molecule has 0 radical (unpaired) electrons. The highest BCUT2D eigenvalue weighted by Crippen LogP contribution is 2.26. The lowest BCUT2D eigenvalue weighted by Gasteiger charge is -2.21. The van der Waals surface area contributed by atoms with Crippen LogP contribution in [0.25, 0.3) is 0 Å². The van der Waals surface area contributed by atoms with Gasteiger partial charge in [0.1, 0.15) is 16.8 Å². The lowest BCUT2D eigenvalue weighted by atomic mass is 9.95. The summed E-state index contributed by atoms with van der Waals surface area (Å²) in [6, 6.07) is 0.275. The fourth-order valence-corrected chi connectivity index (χ4v) is 1.73. The van der Waals surface area contributed by atoms with Gasteiger partial charge in [0.05, 0.1) is 0 Å². The Hall–Kier alpha value is -0.870. The molecule has 0 bridgehead atoms. The number of hydrogen-bond acceptors (Lipinski definition) is 4. The van der Waals surface area contributed by atoms with Gasteiger partial charge in [-0.15, -0.1) is 0 Å². The van der Waals surface area contributed by atoms with Gasteiger partial charge in [0.2, 0.25) is 0 Å². The quantitative estimate of drug-likeness (QED) is 0.840. The molecule has 1 atom stereocenters. The van der Waals surface area contributed by atoms with Crippen molar-refractivity contribution in [3.8, 4) is 0 Å². The van der Waals surface area contributed by atoms with Crippen LogP contribution in [-0.4, -0.2) is 29.7 Å². The molecule has 5 heteroatoms. The number of methoxy groups -OCH3 is 1. The zero-order valence-corrected chi connectivity index (χ0v) is 13.4. The third-order valence-corrected chi connectivity index (χ3v) is 3.26. The van der Waals surface area contributed by atoms with Crippen molar-refractivity contribution in [3.63, 3.8) is 0 Å². The van der Waals surface area contributed by atoms with Crippen LogP contribution in [0.5, 0.6) is 0 Å². The maximum Gasteiger partial charge on any atom is 0.137 e. The van der Waals surface area contributed by atoms with Crippen molar-refractivity contribution in [2.45, 2.75) is 52.5 Å². The Bertz CT molecular complexity index is 429. The number of nitrogens with zero attached hydrogens (tertiary/aromatic N) is 2. The Morgan fingerprint density at radius 1 is 1.32 bits per heavy atom. The minimum Gasteiger partial charge on any atom is -0.385 e. The minimum atomic E-state index is -0.121. The highest BCUT2D eigenvalue weighted by Gasteiger charge is 2.21. The van der Waals surface area contributed by atoms with Crippen LogP contribution in [0.3, 0.4) is 0 Å². The first-order chi connectivity index (χ1) is 8.75. The number of halogens is 1. The lowest BCUT2D eigenvalue weighted by molar-refractivity contribution is 0.191. The molecule has 0 saturated heterocycles. The van der Waals surface area contributed by atoms with Crippen molar-refractivity contribution in [3.05, 3.63) is 16.5 Å². The smallest absolute Gasteiger partial charge is 0.137 e. The first-order valence-electron chi connectivity index (χ1n) is 6.55. The molecule has 1 heterocycles. The monoisotopic (exact) mass is 285 g/mol. The molecule has 1 rings (SSSR count). The zero-order chi connectivity index (χ0) is 14.6. The van der Waals surface area contributed by atoms with E-state index in [1.54, 1.807) is 7.11 Å². The Balaban J connectivity index is 2.96. The van der Waals surface area contributed by atoms with Crippen LogP contribution in [0.4, 0.5) is 5.82 Å². The Morgan fingerprint density at radius 2 is 1.95 bits per heavy atom. The molecular formula is C14H24ClN3O. The summed E-state index contributed by atoms with van der Waals surface area (Å²) in [5, 5.41) is 3.90. The van der Waals surface area contributed by atoms with Gasteiger partial charge < -0.3 is 10.1 Å². The van der Waals surface area contributed by atoms with Crippen molar-refractivity contribution >= 4 is 17.4 Å². The standard InChI is InChI=1S/C14H24ClN3O/c1-9(7-8-19-6)16-12-10(2)11(15)17-13(18-12)14(3,4)5/h9H,7-8H2,1-6H3,(H,16,17,18). The molecule has 0 spiro atoms. The normalized spacial score (nSPS) is 13.4. The average molecular weight is 286 g/mol. The van der Waals surface area contributed by atoms with E-state index >= 15 is 0 Å². The fourth-order valence-electron chi connectivity index (χ4n) is 1.57. The van der Waals surface area contributed by atoms with Crippen LogP contribution in [0.2, 0.25) is 5.15 Å².